The quantitative estimate of drug-likeness (QED) is 0.654. The summed E-state index contributed by atoms with van der Waals surface area (Å²) in [6.45, 7) is 6.77. The van der Waals surface area contributed by atoms with E-state index in [1.165, 1.54) is 23.1 Å². The Hall–Kier alpha value is -1.55. The first kappa shape index (κ1) is 14.9. The summed E-state index contributed by atoms with van der Waals surface area (Å²) in [6.07, 6.45) is 2.64. The van der Waals surface area contributed by atoms with Crippen LogP contribution in [0.1, 0.15) is 29.5 Å². The minimum Gasteiger partial charge on any atom is -0.376 e. The van der Waals surface area contributed by atoms with E-state index in [-0.39, 0.29) is 0 Å². The van der Waals surface area contributed by atoms with Crippen molar-refractivity contribution in [2.24, 2.45) is 4.99 Å². The average molecular weight is 275 g/mol. The van der Waals surface area contributed by atoms with Gasteiger partial charge in [0.25, 0.3) is 0 Å². The first-order valence-corrected chi connectivity index (χ1v) is 7.31. The molecule has 0 aliphatic carbocycles. The Morgan fingerprint density at radius 2 is 2.20 bits per heavy atom. The van der Waals surface area contributed by atoms with E-state index in [1.54, 1.807) is 7.05 Å². The van der Waals surface area contributed by atoms with Gasteiger partial charge in [0, 0.05) is 26.7 Å². The molecule has 1 aromatic rings. The molecule has 1 unspecified atom stereocenters. The van der Waals surface area contributed by atoms with Crippen LogP contribution in [0, 0.1) is 13.8 Å². The third-order valence-electron chi connectivity index (χ3n) is 3.69. The lowest BCUT2D eigenvalue weighted by atomic mass is 10.1. The van der Waals surface area contributed by atoms with Crippen molar-refractivity contribution < 1.29 is 4.74 Å². The SMILES string of the molecule is CN=C(NCc1ccc(C)cc1C)NCC1CCCO1. The molecule has 0 aromatic heterocycles. The van der Waals surface area contributed by atoms with Crippen LogP contribution in [0.4, 0.5) is 0 Å². The fraction of sp³-hybridized carbons (Fsp3) is 0.562. The highest BCUT2D eigenvalue weighted by atomic mass is 16.5. The third kappa shape index (κ3) is 4.23. The maximum Gasteiger partial charge on any atom is 0.191 e. The predicted octanol–water partition coefficient (Wildman–Crippen LogP) is 2.15. The van der Waals surface area contributed by atoms with Crippen LogP contribution >= 0.6 is 0 Å². The topological polar surface area (TPSA) is 45.7 Å². The fourth-order valence-corrected chi connectivity index (χ4v) is 2.46. The van der Waals surface area contributed by atoms with Crippen LogP contribution in [-0.4, -0.2) is 32.3 Å². The van der Waals surface area contributed by atoms with E-state index in [0.29, 0.717) is 6.10 Å². The molecule has 0 saturated carbocycles. The summed E-state index contributed by atoms with van der Waals surface area (Å²) >= 11 is 0. The molecular weight excluding hydrogens is 250 g/mol. The van der Waals surface area contributed by atoms with E-state index >= 15 is 0 Å². The Balaban J connectivity index is 1.81. The molecule has 0 amide bonds. The van der Waals surface area contributed by atoms with E-state index in [0.717, 1.165) is 32.1 Å². The number of hydrogen-bond donors (Lipinski definition) is 2. The van der Waals surface area contributed by atoms with E-state index in [1.807, 2.05) is 0 Å². The zero-order valence-corrected chi connectivity index (χ0v) is 12.7. The van der Waals surface area contributed by atoms with Gasteiger partial charge in [-0.3, -0.25) is 4.99 Å². The summed E-state index contributed by atoms with van der Waals surface area (Å²) in [6, 6.07) is 6.52. The number of guanidine groups is 1. The smallest absolute Gasteiger partial charge is 0.191 e. The molecule has 0 spiro atoms. The van der Waals surface area contributed by atoms with Crippen LogP contribution < -0.4 is 10.6 Å². The molecule has 1 heterocycles. The van der Waals surface area contributed by atoms with Crippen LogP contribution in [0.2, 0.25) is 0 Å². The van der Waals surface area contributed by atoms with Crippen LogP contribution in [-0.2, 0) is 11.3 Å². The molecule has 110 valence electrons. The number of hydrogen-bond acceptors (Lipinski definition) is 2. The van der Waals surface area contributed by atoms with Gasteiger partial charge in [-0.2, -0.15) is 0 Å². The number of aliphatic imine (C=N–C) groups is 1. The van der Waals surface area contributed by atoms with Crippen LogP contribution in [0.3, 0.4) is 0 Å². The Labute approximate surface area is 121 Å². The van der Waals surface area contributed by atoms with Crippen molar-refractivity contribution in [1.29, 1.82) is 0 Å². The molecule has 1 aromatic carbocycles. The van der Waals surface area contributed by atoms with Crippen molar-refractivity contribution >= 4 is 5.96 Å². The summed E-state index contributed by atoms with van der Waals surface area (Å²) in [7, 11) is 1.80. The first-order chi connectivity index (χ1) is 9.69. The van der Waals surface area contributed by atoms with Gasteiger partial charge >= 0.3 is 0 Å². The lowest BCUT2D eigenvalue weighted by Crippen LogP contribution is -2.40. The highest BCUT2D eigenvalue weighted by Crippen LogP contribution is 2.11. The zero-order chi connectivity index (χ0) is 14.4. The monoisotopic (exact) mass is 275 g/mol. The van der Waals surface area contributed by atoms with Crippen molar-refractivity contribution in [2.45, 2.75) is 39.3 Å². The van der Waals surface area contributed by atoms with Gasteiger partial charge in [0.05, 0.1) is 6.10 Å². The van der Waals surface area contributed by atoms with E-state index < -0.39 is 0 Å². The van der Waals surface area contributed by atoms with Gasteiger partial charge in [0.15, 0.2) is 5.96 Å². The molecule has 2 N–H and O–H groups in total. The molecule has 20 heavy (non-hydrogen) atoms. The number of ether oxygens (including phenoxy) is 1. The Morgan fingerprint density at radius 3 is 2.85 bits per heavy atom. The van der Waals surface area contributed by atoms with Gasteiger partial charge in [-0.1, -0.05) is 23.8 Å². The van der Waals surface area contributed by atoms with Gasteiger partial charge in [0.2, 0.25) is 0 Å². The molecule has 1 saturated heterocycles. The van der Waals surface area contributed by atoms with Gasteiger partial charge in [-0.25, -0.2) is 0 Å². The molecule has 1 aliphatic rings. The molecule has 4 heteroatoms. The fourth-order valence-electron chi connectivity index (χ4n) is 2.46. The van der Waals surface area contributed by atoms with Crippen LogP contribution in [0.15, 0.2) is 23.2 Å². The lowest BCUT2D eigenvalue weighted by Gasteiger charge is -2.16. The normalized spacial score (nSPS) is 19.1. The average Bonchev–Trinajstić information content (AvgIpc) is 2.94. The maximum absolute atomic E-state index is 5.60. The van der Waals surface area contributed by atoms with E-state index in [4.69, 9.17) is 4.74 Å². The molecule has 4 nitrogen and oxygen atoms in total. The summed E-state index contributed by atoms with van der Waals surface area (Å²) in [5.41, 5.74) is 3.91. The van der Waals surface area contributed by atoms with E-state index in [9.17, 15) is 0 Å². The Kier molecular flexibility index (Phi) is 5.41. The molecular formula is C16H25N3O. The van der Waals surface area contributed by atoms with Crippen molar-refractivity contribution in [3.8, 4) is 0 Å². The van der Waals surface area contributed by atoms with Crippen LogP contribution in [0.25, 0.3) is 0 Å². The molecule has 2 rings (SSSR count). The second kappa shape index (κ2) is 7.29. The Morgan fingerprint density at radius 1 is 1.35 bits per heavy atom. The van der Waals surface area contributed by atoms with Gasteiger partial charge in [-0.15, -0.1) is 0 Å². The molecule has 0 radical (unpaired) electrons. The second-order valence-corrected chi connectivity index (χ2v) is 5.37. The standard InChI is InChI=1S/C16H25N3O/c1-12-6-7-14(13(2)9-12)10-18-16(17-3)19-11-15-5-4-8-20-15/h6-7,9,15H,4-5,8,10-11H2,1-3H3,(H2,17,18,19). The van der Waals surface area contributed by atoms with Crippen molar-refractivity contribution in [1.82, 2.24) is 10.6 Å². The minimum absolute atomic E-state index is 0.328. The number of rotatable bonds is 4. The largest absolute Gasteiger partial charge is 0.376 e. The summed E-state index contributed by atoms with van der Waals surface area (Å²) in [5.74, 6) is 0.834. The molecule has 0 bridgehead atoms. The maximum atomic E-state index is 5.60. The first-order valence-electron chi connectivity index (χ1n) is 7.31. The molecule has 1 atom stereocenters. The second-order valence-electron chi connectivity index (χ2n) is 5.37. The number of aryl methyl sites for hydroxylation is 2. The highest BCUT2D eigenvalue weighted by Gasteiger charge is 2.15. The van der Waals surface area contributed by atoms with Gasteiger partial charge < -0.3 is 15.4 Å². The van der Waals surface area contributed by atoms with Crippen molar-refractivity contribution in [2.75, 3.05) is 20.2 Å². The minimum atomic E-state index is 0.328. The van der Waals surface area contributed by atoms with Crippen molar-refractivity contribution in [3.05, 3.63) is 34.9 Å². The van der Waals surface area contributed by atoms with E-state index in [2.05, 4.69) is 47.7 Å². The van der Waals surface area contributed by atoms with Crippen LogP contribution in [0.5, 0.6) is 0 Å². The van der Waals surface area contributed by atoms with Crippen molar-refractivity contribution in [3.63, 3.8) is 0 Å². The highest BCUT2D eigenvalue weighted by molar-refractivity contribution is 5.79. The molecule has 1 fully saturated rings. The third-order valence-corrected chi connectivity index (χ3v) is 3.69. The summed E-state index contributed by atoms with van der Waals surface area (Å²) in [4.78, 5) is 4.25. The number of nitrogens with one attached hydrogen (secondary N) is 2. The lowest BCUT2D eigenvalue weighted by molar-refractivity contribution is 0.114. The number of benzene rings is 1. The van der Waals surface area contributed by atoms with Gasteiger partial charge in [0.1, 0.15) is 0 Å². The predicted molar refractivity (Wildman–Crippen MR) is 83.1 cm³/mol. The summed E-state index contributed by atoms with van der Waals surface area (Å²) < 4.78 is 5.60. The Bertz CT molecular complexity index is 465. The molecule has 1 aliphatic heterocycles. The zero-order valence-electron chi connectivity index (χ0n) is 12.7. The van der Waals surface area contributed by atoms with Gasteiger partial charge in [-0.05, 0) is 37.8 Å². The summed E-state index contributed by atoms with van der Waals surface area (Å²) in [5, 5.41) is 6.68. The number of nitrogens with zero attached hydrogens (tertiary/aromatic N) is 1.